The van der Waals surface area contributed by atoms with E-state index in [4.69, 9.17) is 21.9 Å². The molecule has 2 N–H and O–H groups in total. The molecule has 21 heavy (non-hydrogen) atoms. The van der Waals surface area contributed by atoms with E-state index in [9.17, 15) is 4.39 Å². The molecule has 6 heteroatoms. The number of nitrogens with two attached hydrogens (primary N) is 1. The number of hydrogen-bond acceptors (Lipinski definition) is 4. The highest BCUT2D eigenvalue weighted by atomic mass is 35.5. The fourth-order valence-electron chi connectivity index (χ4n) is 2.98. The summed E-state index contributed by atoms with van der Waals surface area (Å²) in [4.78, 5) is 4.45. The third-order valence-electron chi connectivity index (χ3n) is 4.14. The molecule has 2 aromatic rings. The molecule has 0 amide bonds. The summed E-state index contributed by atoms with van der Waals surface area (Å²) in [6, 6.07) is 4.14. The third kappa shape index (κ3) is 2.94. The molecule has 2 unspecified atom stereocenters. The minimum absolute atomic E-state index is 0.212. The summed E-state index contributed by atoms with van der Waals surface area (Å²) < 4.78 is 18.5. The van der Waals surface area contributed by atoms with Crippen molar-refractivity contribution in [1.82, 2.24) is 10.1 Å². The Bertz CT molecular complexity index is 631. The summed E-state index contributed by atoms with van der Waals surface area (Å²) in [5, 5.41) is 4.27. The number of halogens is 2. The lowest BCUT2D eigenvalue weighted by molar-refractivity contribution is 0.249. The average molecular weight is 310 g/mol. The van der Waals surface area contributed by atoms with Crippen LogP contribution in [0.5, 0.6) is 0 Å². The van der Waals surface area contributed by atoms with Crippen molar-refractivity contribution in [3.63, 3.8) is 0 Å². The topological polar surface area (TPSA) is 64.9 Å². The van der Waals surface area contributed by atoms with Crippen LogP contribution in [0.3, 0.4) is 0 Å². The Kier molecular flexibility index (Phi) is 4.22. The fraction of sp³-hybridized carbons (Fsp3) is 0.467. The Morgan fingerprint density at radius 2 is 2.14 bits per heavy atom. The number of benzene rings is 1. The Balaban J connectivity index is 1.89. The van der Waals surface area contributed by atoms with Gasteiger partial charge in [-0.1, -0.05) is 29.6 Å². The zero-order valence-corrected chi connectivity index (χ0v) is 12.3. The maximum atomic E-state index is 13.1. The van der Waals surface area contributed by atoms with Crippen molar-refractivity contribution < 1.29 is 8.91 Å². The molecule has 112 valence electrons. The number of rotatable bonds is 3. The maximum absolute atomic E-state index is 13.1. The first kappa shape index (κ1) is 14.5. The summed E-state index contributed by atoms with van der Waals surface area (Å²) in [6.07, 6.45) is 4.45. The van der Waals surface area contributed by atoms with E-state index in [1.165, 1.54) is 18.6 Å². The first-order valence-electron chi connectivity index (χ1n) is 7.18. The minimum Gasteiger partial charge on any atom is -0.339 e. The number of aromatic nitrogens is 2. The van der Waals surface area contributed by atoms with Gasteiger partial charge in [0.25, 0.3) is 0 Å². The lowest BCUT2D eigenvalue weighted by Gasteiger charge is -2.27. The van der Waals surface area contributed by atoms with E-state index in [-0.39, 0.29) is 16.8 Å². The monoisotopic (exact) mass is 309 g/mol. The van der Waals surface area contributed by atoms with Gasteiger partial charge in [0.15, 0.2) is 0 Å². The van der Waals surface area contributed by atoms with Crippen LogP contribution in [0.4, 0.5) is 4.39 Å². The van der Waals surface area contributed by atoms with E-state index in [1.54, 1.807) is 6.07 Å². The molecule has 1 saturated carbocycles. The van der Waals surface area contributed by atoms with Gasteiger partial charge >= 0.3 is 0 Å². The summed E-state index contributed by atoms with van der Waals surface area (Å²) in [5.41, 5.74) is 6.41. The van der Waals surface area contributed by atoms with E-state index < -0.39 is 0 Å². The van der Waals surface area contributed by atoms with Gasteiger partial charge in [0.05, 0.1) is 5.02 Å². The molecule has 0 bridgehead atoms. The van der Waals surface area contributed by atoms with Gasteiger partial charge < -0.3 is 10.3 Å². The summed E-state index contributed by atoms with van der Waals surface area (Å²) in [6.45, 7) is 0.625. The van der Waals surface area contributed by atoms with Gasteiger partial charge in [0, 0.05) is 11.5 Å². The van der Waals surface area contributed by atoms with Crippen LogP contribution < -0.4 is 5.73 Å². The lowest BCUT2D eigenvalue weighted by Crippen LogP contribution is -2.25. The van der Waals surface area contributed by atoms with Crippen LogP contribution >= 0.6 is 11.6 Å². The Labute approximate surface area is 127 Å². The van der Waals surface area contributed by atoms with Crippen LogP contribution in [-0.4, -0.2) is 16.7 Å². The Morgan fingerprint density at radius 1 is 1.33 bits per heavy atom. The second-order valence-corrected chi connectivity index (χ2v) is 5.87. The van der Waals surface area contributed by atoms with Crippen LogP contribution in [0.15, 0.2) is 22.7 Å². The van der Waals surface area contributed by atoms with Gasteiger partial charge in [0.2, 0.25) is 11.7 Å². The van der Waals surface area contributed by atoms with Gasteiger partial charge in [-0.3, -0.25) is 0 Å². The molecule has 1 fully saturated rings. The molecule has 1 aliphatic rings. The van der Waals surface area contributed by atoms with Crippen molar-refractivity contribution in [2.24, 2.45) is 11.7 Å². The largest absolute Gasteiger partial charge is 0.339 e. The highest BCUT2D eigenvalue weighted by molar-refractivity contribution is 6.33. The van der Waals surface area contributed by atoms with Crippen LogP contribution in [0.2, 0.25) is 5.02 Å². The van der Waals surface area contributed by atoms with E-state index in [2.05, 4.69) is 10.1 Å². The number of nitrogens with zero attached hydrogens (tertiary/aromatic N) is 2. The van der Waals surface area contributed by atoms with Gasteiger partial charge in [-0.05, 0) is 43.5 Å². The molecule has 4 nitrogen and oxygen atoms in total. The van der Waals surface area contributed by atoms with Crippen molar-refractivity contribution in [1.29, 1.82) is 0 Å². The smallest absolute Gasteiger partial charge is 0.230 e. The molecular formula is C15H17ClFN3O. The minimum atomic E-state index is -0.386. The first-order valence-corrected chi connectivity index (χ1v) is 7.56. The highest BCUT2D eigenvalue weighted by Gasteiger charge is 2.30. The Morgan fingerprint density at radius 3 is 2.90 bits per heavy atom. The fourth-order valence-corrected chi connectivity index (χ4v) is 3.23. The van der Waals surface area contributed by atoms with Crippen LogP contribution in [0, 0.1) is 11.7 Å². The van der Waals surface area contributed by atoms with E-state index in [0.717, 1.165) is 19.3 Å². The second-order valence-electron chi connectivity index (χ2n) is 5.47. The highest BCUT2D eigenvalue weighted by Crippen LogP contribution is 2.37. The van der Waals surface area contributed by atoms with Gasteiger partial charge in [0.1, 0.15) is 5.82 Å². The third-order valence-corrected chi connectivity index (χ3v) is 4.46. The summed E-state index contributed by atoms with van der Waals surface area (Å²) >= 11 is 6.03. The molecule has 1 heterocycles. The van der Waals surface area contributed by atoms with Gasteiger partial charge in [-0.15, -0.1) is 0 Å². The zero-order valence-electron chi connectivity index (χ0n) is 11.6. The van der Waals surface area contributed by atoms with Crippen LogP contribution in [0.25, 0.3) is 11.4 Å². The zero-order chi connectivity index (χ0) is 14.8. The van der Waals surface area contributed by atoms with E-state index >= 15 is 0 Å². The molecule has 3 rings (SSSR count). The van der Waals surface area contributed by atoms with Crippen molar-refractivity contribution in [2.75, 3.05) is 6.54 Å². The van der Waals surface area contributed by atoms with Crippen LogP contribution in [0.1, 0.15) is 37.5 Å². The Hall–Kier alpha value is -1.46. The van der Waals surface area contributed by atoms with Crippen molar-refractivity contribution in [3.05, 3.63) is 34.9 Å². The van der Waals surface area contributed by atoms with Gasteiger partial charge in [-0.25, -0.2) is 4.39 Å². The SMILES string of the molecule is NCC1CCCCC1c1nc(-c2ccc(F)cc2Cl)no1. The average Bonchev–Trinajstić information content (AvgIpc) is 2.96. The normalized spacial score (nSPS) is 22.4. The second kappa shape index (κ2) is 6.12. The number of hydrogen-bond donors (Lipinski definition) is 1. The molecule has 1 aromatic carbocycles. The standard InChI is InChI=1S/C15H17ClFN3O/c16-13-7-10(17)5-6-12(13)14-19-15(21-20-14)11-4-2-1-3-9(11)8-18/h5-7,9,11H,1-4,8,18H2. The first-order chi connectivity index (χ1) is 10.2. The molecule has 0 spiro atoms. The van der Waals surface area contributed by atoms with E-state index in [0.29, 0.717) is 29.7 Å². The molecule has 1 aromatic heterocycles. The molecule has 0 saturated heterocycles. The predicted molar refractivity (Wildman–Crippen MR) is 78.5 cm³/mol. The quantitative estimate of drug-likeness (QED) is 0.937. The van der Waals surface area contributed by atoms with Crippen LogP contribution in [-0.2, 0) is 0 Å². The van der Waals surface area contributed by atoms with Crippen molar-refractivity contribution in [2.45, 2.75) is 31.6 Å². The van der Waals surface area contributed by atoms with E-state index in [1.807, 2.05) is 0 Å². The lowest BCUT2D eigenvalue weighted by atomic mass is 9.79. The summed E-state index contributed by atoms with van der Waals surface area (Å²) in [5.74, 6) is 1.22. The predicted octanol–water partition coefficient (Wildman–Crippen LogP) is 3.76. The van der Waals surface area contributed by atoms with Crippen molar-refractivity contribution in [3.8, 4) is 11.4 Å². The van der Waals surface area contributed by atoms with Crippen molar-refractivity contribution >= 4 is 11.6 Å². The molecular weight excluding hydrogens is 293 g/mol. The molecule has 2 atom stereocenters. The maximum Gasteiger partial charge on any atom is 0.230 e. The molecule has 0 radical (unpaired) electrons. The summed E-state index contributed by atoms with van der Waals surface area (Å²) in [7, 11) is 0. The molecule has 0 aliphatic heterocycles. The van der Waals surface area contributed by atoms with Gasteiger partial charge in [-0.2, -0.15) is 4.98 Å². The molecule has 1 aliphatic carbocycles.